The van der Waals surface area contributed by atoms with Gasteiger partial charge in [-0.1, -0.05) is 24.3 Å². The second kappa shape index (κ2) is 11.1. The second-order valence-electron chi connectivity index (χ2n) is 9.03. The Morgan fingerprint density at radius 2 is 1.71 bits per heavy atom. The molecule has 3 N–H and O–H groups in total. The van der Waals surface area contributed by atoms with Gasteiger partial charge in [-0.05, 0) is 49.4 Å². The number of thiazole rings is 1. The van der Waals surface area contributed by atoms with Gasteiger partial charge in [0.2, 0.25) is 5.88 Å². The molecular formula is C28H22N7O4PS. The van der Waals surface area contributed by atoms with Gasteiger partial charge in [-0.15, -0.1) is 21.5 Å². The first kappa shape index (κ1) is 26.6. The molecule has 6 rings (SSSR count). The van der Waals surface area contributed by atoms with Crippen LogP contribution in [0.15, 0.2) is 84.5 Å². The van der Waals surface area contributed by atoms with Crippen molar-refractivity contribution in [3.8, 4) is 33.6 Å². The maximum Gasteiger partial charge on any atom is 0.333 e. The summed E-state index contributed by atoms with van der Waals surface area (Å²) in [6.07, 6.45) is 2.48. The fraction of sp³-hybridized carbons (Fsp3) is 0.0714. The molecule has 0 amide bonds. The lowest BCUT2D eigenvalue weighted by Gasteiger charge is -2.12. The summed E-state index contributed by atoms with van der Waals surface area (Å²) in [5.74, 6) is 1.48. The Morgan fingerprint density at radius 1 is 0.902 bits per heavy atom. The number of nitrogens with one attached hydrogen (secondary N) is 1. The van der Waals surface area contributed by atoms with E-state index in [1.54, 1.807) is 47.9 Å². The Kier molecular flexibility index (Phi) is 7.21. The average molecular weight is 584 g/mol. The molecule has 0 saturated heterocycles. The van der Waals surface area contributed by atoms with Gasteiger partial charge in [-0.2, -0.15) is 0 Å². The molecule has 204 valence electrons. The van der Waals surface area contributed by atoms with Gasteiger partial charge in [0.25, 0.3) is 0 Å². The van der Waals surface area contributed by atoms with Crippen LogP contribution in [0.25, 0.3) is 32.7 Å². The standard InChI is InChI=1S/C28H22N7O4PS/c1-17-16-41-28(31-17)25-20-5-2-3-6-21(20)26(35-34-25)32-18-8-10-19(11-9-18)39-27-22(7-4-13-30-27)23-12-14-29-24(33-23)15-40(36,37)38/h2-14,16H,15H2,1H3,(H,32,35)(H2,36,37,38). The highest BCUT2D eigenvalue weighted by Gasteiger charge is 2.18. The minimum absolute atomic E-state index is 0.0338. The quantitative estimate of drug-likeness (QED) is 0.177. The summed E-state index contributed by atoms with van der Waals surface area (Å²) in [5.41, 5.74) is 3.47. The van der Waals surface area contributed by atoms with Gasteiger partial charge in [0, 0.05) is 39.9 Å². The Hall–Kier alpha value is -4.61. The highest BCUT2D eigenvalue weighted by atomic mass is 32.1. The molecular weight excluding hydrogens is 561 g/mol. The number of fused-ring (bicyclic) bond motifs is 1. The van der Waals surface area contributed by atoms with E-state index in [0.717, 1.165) is 32.9 Å². The molecule has 0 aliphatic heterocycles. The topological polar surface area (TPSA) is 156 Å². The van der Waals surface area contributed by atoms with E-state index in [0.29, 0.717) is 28.7 Å². The van der Waals surface area contributed by atoms with Crippen LogP contribution < -0.4 is 10.1 Å². The Bertz CT molecular complexity index is 1910. The molecule has 0 unspecified atom stereocenters. The van der Waals surface area contributed by atoms with E-state index >= 15 is 0 Å². The van der Waals surface area contributed by atoms with E-state index in [-0.39, 0.29) is 5.82 Å². The van der Waals surface area contributed by atoms with Gasteiger partial charge in [-0.25, -0.2) is 19.9 Å². The zero-order valence-electron chi connectivity index (χ0n) is 21.5. The van der Waals surface area contributed by atoms with Crippen LogP contribution in [-0.2, 0) is 10.7 Å². The van der Waals surface area contributed by atoms with Gasteiger partial charge < -0.3 is 19.8 Å². The normalized spacial score (nSPS) is 11.5. The predicted molar refractivity (Wildman–Crippen MR) is 156 cm³/mol. The molecule has 0 spiro atoms. The largest absolute Gasteiger partial charge is 0.438 e. The molecule has 0 aliphatic carbocycles. The van der Waals surface area contributed by atoms with Crippen molar-refractivity contribution in [2.45, 2.75) is 13.1 Å². The van der Waals surface area contributed by atoms with Crippen molar-refractivity contribution in [1.29, 1.82) is 0 Å². The molecule has 4 heterocycles. The van der Waals surface area contributed by atoms with Gasteiger partial charge >= 0.3 is 7.60 Å². The van der Waals surface area contributed by atoms with Crippen LogP contribution in [0, 0.1) is 6.92 Å². The number of hydrogen-bond donors (Lipinski definition) is 3. The molecule has 41 heavy (non-hydrogen) atoms. The number of ether oxygens (including phenoxy) is 1. The summed E-state index contributed by atoms with van der Waals surface area (Å²) in [5, 5.41) is 17.0. The number of hydrogen-bond acceptors (Lipinski definition) is 10. The van der Waals surface area contributed by atoms with E-state index in [2.05, 4.69) is 35.5 Å². The first-order valence-corrected chi connectivity index (χ1v) is 15.0. The number of benzene rings is 2. The lowest BCUT2D eigenvalue weighted by Crippen LogP contribution is -2.00. The average Bonchev–Trinajstić information content (AvgIpc) is 3.39. The van der Waals surface area contributed by atoms with Crippen LogP contribution in [-0.4, -0.2) is 39.9 Å². The Balaban J connectivity index is 1.23. The fourth-order valence-corrected chi connectivity index (χ4v) is 5.46. The lowest BCUT2D eigenvalue weighted by atomic mass is 10.1. The van der Waals surface area contributed by atoms with Crippen LogP contribution in [0.1, 0.15) is 11.5 Å². The monoisotopic (exact) mass is 583 g/mol. The predicted octanol–water partition coefficient (Wildman–Crippen LogP) is 6.13. The number of anilines is 2. The second-order valence-corrected chi connectivity index (χ2v) is 11.5. The molecule has 2 aromatic carbocycles. The van der Waals surface area contributed by atoms with E-state index in [1.807, 2.05) is 48.7 Å². The zero-order valence-corrected chi connectivity index (χ0v) is 23.3. The van der Waals surface area contributed by atoms with Gasteiger partial charge in [0.05, 0.1) is 11.3 Å². The SMILES string of the molecule is Cc1csc(-c2nnc(Nc3ccc(Oc4ncccc4-c4ccnc(CP(=O)(O)O)n4)cc3)c3ccccc23)n1. The van der Waals surface area contributed by atoms with E-state index < -0.39 is 13.8 Å². The molecule has 0 fully saturated rings. The van der Waals surface area contributed by atoms with Gasteiger partial charge in [0.15, 0.2) is 5.82 Å². The molecule has 0 atom stereocenters. The molecule has 0 radical (unpaired) electrons. The summed E-state index contributed by atoms with van der Waals surface area (Å²) in [6, 6.07) is 20.4. The molecule has 6 aromatic rings. The van der Waals surface area contributed by atoms with Crippen molar-refractivity contribution in [3.05, 3.63) is 96.0 Å². The van der Waals surface area contributed by atoms with Crippen molar-refractivity contribution in [2.75, 3.05) is 5.32 Å². The number of aromatic nitrogens is 6. The smallest absolute Gasteiger partial charge is 0.333 e. The fourth-order valence-electron chi connectivity index (χ4n) is 4.15. The third-order valence-electron chi connectivity index (χ3n) is 5.94. The maximum absolute atomic E-state index is 11.4. The molecule has 0 saturated carbocycles. The summed E-state index contributed by atoms with van der Waals surface area (Å²) < 4.78 is 17.5. The Morgan fingerprint density at radius 3 is 2.46 bits per heavy atom. The number of rotatable bonds is 8. The number of aryl methyl sites for hydroxylation is 1. The molecule has 0 bridgehead atoms. The number of pyridine rings is 1. The summed E-state index contributed by atoms with van der Waals surface area (Å²) in [7, 11) is -4.31. The van der Waals surface area contributed by atoms with Gasteiger partial charge in [-0.3, -0.25) is 4.57 Å². The van der Waals surface area contributed by atoms with Gasteiger partial charge in [0.1, 0.15) is 28.4 Å². The maximum atomic E-state index is 11.4. The van der Waals surface area contributed by atoms with E-state index in [9.17, 15) is 14.4 Å². The van der Waals surface area contributed by atoms with Crippen molar-refractivity contribution < 1.29 is 19.1 Å². The first-order valence-electron chi connectivity index (χ1n) is 12.4. The summed E-state index contributed by atoms with van der Waals surface area (Å²) in [6.45, 7) is 1.95. The Labute approximate surface area is 238 Å². The molecule has 13 heteroatoms. The van der Waals surface area contributed by atoms with Crippen molar-refractivity contribution in [2.24, 2.45) is 0 Å². The minimum Gasteiger partial charge on any atom is -0.438 e. The van der Waals surface area contributed by atoms with E-state index in [1.165, 1.54) is 6.20 Å². The highest BCUT2D eigenvalue weighted by Crippen LogP contribution is 2.39. The van der Waals surface area contributed by atoms with E-state index in [4.69, 9.17) is 4.74 Å². The van der Waals surface area contributed by atoms with Crippen LogP contribution >= 0.6 is 18.9 Å². The first-order chi connectivity index (χ1) is 19.8. The minimum atomic E-state index is -4.31. The molecule has 4 aromatic heterocycles. The van der Waals surface area contributed by atoms with Crippen molar-refractivity contribution in [1.82, 2.24) is 30.1 Å². The van der Waals surface area contributed by atoms with Crippen LogP contribution in [0.2, 0.25) is 0 Å². The lowest BCUT2D eigenvalue weighted by molar-refractivity contribution is 0.370. The molecule has 11 nitrogen and oxygen atoms in total. The highest BCUT2D eigenvalue weighted by molar-refractivity contribution is 7.50. The third-order valence-corrected chi connectivity index (χ3v) is 7.60. The van der Waals surface area contributed by atoms with Crippen LogP contribution in [0.5, 0.6) is 11.6 Å². The third kappa shape index (κ3) is 6.11. The van der Waals surface area contributed by atoms with Crippen LogP contribution in [0.4, 0.5) is 11.5 Å². The van der Waals surface area contributed by atoms with Crippen molar-refractivity contribution in [3.63, 3.8) is 0 Å². The summed E-state index contributed by atoms with van der Waals surface area (Å²) >= 11 is 1.54. The van der Waals surface area contributed by atoms with Crippen molar-refractivity contribution >= 4 is 41.2 Å². The summed E-state index contributed by atoms with van der Waals surface area (Å²) in [4.78, 5) is 35.7. The molecule has 0 aliphatic rings. The number of nitrogens with zero attached hydrogens (tertiary/aromatic N) is 6. The zero-order chi connectivity index (χ0) is 28.4. The van der Waals surface area contributed by atoms with Crippen LogP contribution in [0.3, 0.4) is 0 Å².